The first-order chi connectivity index (χ1) is 8.61. The summed E-state index contributed by atoms with van der Waals surface area (Å²) in [7, 11) is 1.85. The number of hydrogen-bond acceptors (Lipinski definition) is 2. The molecule has 2 rings (SSSR count). The lowest BCUT2D eigenvalue weighted by Crippen LogP contribution is -2.47. The van der Waals surface area contributed by atoms with Crippen molar-refractivity contribution in [1.29, 1.82) is 0 Å². The molecule has 0 aliphatic heterocycles. The molecule has 0 saturated carbocycles. The highest BCUT2D eigenvalue weighted by atomic mass is 16.2. The van der Waals surface area contributed by atoms with Gasteiger partial charge in [0.05, 0.1) is 6.04 Å². The zero-order valence-corrected chi connectivity index (χ0v) is 11.4. The van der Waals surface area contributed by atoms with Gasteiger partial charge in [0.1, 0.15) is 0 Å². The van der Waals surface area contributed by atoms with Gasteiger partial charge < -0.3 is 10.2 Å². The fraction of sp³-hybridized carbons (Fsp3) is 0.533. The molecule has 0 heterocycles. The number of carbonyl (C=O) groups is 1. The van der Waals surface area contributed by atoms with Crippen molar-refractivity contribution in [2.45, 2.75) is 38.8 Å². The normalized spacial score (nSPS) is 16.4. The van der Waals surface area contributed by atoms with Crippen molar-refractivity contribution in [3.8, 4) is 0 Å². The van der Waals surface area contributed by atoms with E-state index in [9.17, 15) is 4.79 Å². The zero-order chi connectivity index (χ0) is 13.1. The van der Waals surface area contributed by atoms with Crippen molar-refractivity contribution in [2.75, 3.05) is 13.6 Å². The van der Waals surface area contributed by atoms with Crippen LogP contribution in [0.4, 0.5) is 0 Å². The average Bonchev–Trinajstić information content (AvgIpc) is 2.78. The molecule has 0 fully saturated rings. The molecule has 1 unspecified atom stereocenters. The van der Waals surface area contributed by atoms with Gasteiger partial charge in [-0.05, 0) is 37.8 Å². The number of rotatable bonds is 4. The largest absolute Gasteiger partial charge is 0.345 e. The first-order valence-corrected chi connectivity index (χ1v) is 6.69. The highest BCUT2D eigenvalue weighted by molar-refractivity contribution is 5.81. The summed E-state index contributed by atoms with van der Waals surface area (Å²) in [6.07, 6.45) is 2.06. The van der Waals surface area contributed by atoms with Crippen LogP contribution in [0, 0.1) is 0 Å². The Morgan fingerprint density at radius 2 is 1.94 bits per heavy atom. The maximum absolute atomic E-state index is 12.0. The van der Waals surface area contributed by atoms with Crippen LogP contribution in [0.3, 0.4) is 0 Å². The monoisotopic (exact) mass is 246 g/mol. The molecule has 3 heteroatoms. The molecular formula is C15H22N2O. The van der Waals surface area contributed by atoms with Gasteiger partial charge in [-0.15, -0.1) is 0 Å². The van der Waals surface area contributed by atoms with E-state index >= 15 is 0 Å². The van der Waals surface area contributed by atoms with Gasteiger partial charge >= 0.3 is 0 Å². The quantitative estimate of drug-likeness (QED) is 0.875. The first-order valence-electron chi connectivity index (χ1n) is 6.69. The number of nitrogens with one attached hydrogen (secondary N) is 1. The van der Waals surface area contributed by atoms with Gasteiger partial charge in [-0.2, -0.15) is 0 Å². The Bertz CT molecular complexity index is 405. The molecule has 0 saturated heterocycles. The van der Waals surface area contributed by atoms with Gasteiger partial charge in [0.25, 0.3) is 0 Å². The molecular weight excluding hydrogens is 224 g/mol. The van der Waals surface area contributed by atoms with Crippen molar-refractivity contribution in [3.05, 3.63) is 35.4 Å². The van der Waals surface area contributed by atoms with E-state index in [1.54, 1.807) is 4.90 Å². The molecule has 1 amide bonds. The molecule has 18 heavy (non-hydrogen) atoms. The lowest BCUT2D eigenvalue weighted by atomic mass is 10.1. The van der Waals surface area contributed by atoms with Crippen LogP contribution in [0.15, 0.2) is 24.3 Å². The van der Waals surface area contributed by atoms with Gasteiger partial charge in [-0.1, -0.05) is 24.3 Å². The molecule has 98 valence electrons. The van der Waals surface area contributed by atoms with Gasteiger partial charge in [0, 0.05) is 19.6 Å². The first kappa shape index (κ1) is 13.1. The molecule has 0 spiro atoms. The molecule has 1 aromatic carbocycles. The summed E-state index contributed by atoms with van der Waals surface area (Å²) in [5, 5.41) is 3.45. The van der Waals surface area contributed by atoms with Gasteiger partial charge in [0.15, 0.2) is 0 Å². The van der Waals surface area contributed by atoms with Gasteiger partial charge in [-0.25, -0.2) is 0 Å². The highest BCUT2D eigenvalue weighted by Gasteiger charge is 2.25. The van der Waals surface area contributed by atoms with E-state index in [4.69, 9.17) is 0 Å². The molecule has 3 nitrogen and oxygen atoms in total. The van der Waals surface area contributed by atoms with E-state index in [2.05, 4.69) is 29.6 Å². The number of fused-ring (bicyclic) bond motifs is 1. The molecule has 0 bridgehead atoms. The molecule has 1 aliphatic carbocycles. The van der Waals surface area contributed by atoms with Crippen LogP contribution in [0.25, 0.3) is 0 Å². The lowest BCUT2D eigenvalue weighted by molar-refractivity contribution is -0.131. The fourth-order valence-electron chi connectivity index (χ4n) is 2.59. The third kappa shape index (κ3) is 2.72. The van der Waals surface area contributed by atoms with E-state index in [0.29, 0.717) is 6.04 Å². The van der Waals surface area contributed by atoms with E-state index in [1.165, 1.54) is 11.1 Å². The van der Waals surface area contributed by atoms with Crippen LogP contribution in [-0.2, 0) is 17.6 Å². The Labute approximate surface area is 109 Å². The Hall–Kier alpha value is -1.35. The number of amides is 1. The summed E-state index contributed by atoms with van der Waals surface area (Å²) in [4.78, 5) is 13.8. The minimum atomic E-state index is -0.103. The third-order valence-electron chi connectivity index (χ3n) is 3.76. The predicted molar refractivity (Wildman–Crippen MR) is 73.5 cm³/mol. The minimum Gasteiger partial charge on any atom is -0.345 e. The van der Waals surface area contributed by atoms with E-state index in [1.807, 2.05) is 20.9 Å². The summed E-state index contributed by atoms with van der Waals surface area (Å²) in [5.74, 6) is 0.174. The zero-order valence-electron chi connectivity index (χ0n) is 11.4. The van der Waals surface area contributed by atoms with Gasteiger partial charge in [0.2, 0.25) is 5.91 Å². The summed E-state index contributed by atoms with van der Waals surface area (Å²) >= 11 is 0. The lowest BCUT2D eigenvalue weighted by Gasteiger charge is -2.23. The SMILES string of the molecule is CCN(C)C(=O)C(C)NC1Cc2ccccc2C1. The van der Waals surface area contributed by atoms with E-state index in [-0.39, 0.29) is 11.9 Å². The Kier molecular flexibility index (Phi) is 4.02. The average molecular weight is 246 g/mol. The van der Waals surface area contributed by atoms with Crippen molar-refractivity contribution in [1.82, 2.24) is 10.2 Å². The molecule has 1 aliphatic rings. The number of likely N-dealkylation sites (N-methyl/N-ethyl adjacent to an activating group) is 1. The maximum atomic E-state index is 12.0. The predicted octanol–water partition coefficient (Wildman–Crippen LogP) is 1.61. The smallest absolute Gasteiger partial charge is 0.239 e. The number of benzene rings is 1. The molecule has 0 aromatic heterocycles. The van der Waals surface area contributed by atoms with Crippen LogP contribution < -0.4 is 5.32 Å². The second kappa shape index (κ2) is 5.53. The maximum Gasteiger partial charge on any atom is 0.239 e. The minimum absolute atomic E-state index is 0.103. The van der Waals surface area contributed by atoms with E-state index < -0.39 is 0 Å². The van der Waals surface area contributed by atoms with E-state index in [0.717, 1.165) is 19.4 Å². The topological polar surface area (TPSA) is 32.3 Å². The Balaban J connectivity index is 1.91. The third-order valence-corrected chi connectivity index (χ3v) is 3.76. The van der Waals surface area contributed by atoms with Crippen molar-refractivity contribution < 1.29 is 4.79 Å². The van der Waals surface area contributed by atoms with Gasteiger partial charge in [-0.3, -0.25) is 4.79 Å². The van der Waals surface area contributed by atoms with Crippen molar-refractivity contribution in [2.24, 2.45) is 0 Å². The molecule has 1 aromatic rings. The second-order valence-electron chi connectivity index (χ2n) is 5.11. The summed E-state index contributed by atoms with van der Waals surface area (Å²) in [5.41, 5.74) is 2.83. The summed E-state index contributed by atoms with van der Waals surface area (Å²) in [6.45, 7) is 4.71. The second-order valence-corrected chi connectivity index (χ2v) is 5.11. The number of nitrogens with zero attached hydrogens (tertiary/aromatic N) is 1. The molecule has 0 radical (unpaired) electrons. The standard InChI is InChI=1S/C15H22N2O/c1-4-17(3)15(18)11(2)16-14-9-12-7-5-6-8-13(12)10-14/h5-8,11,14,16H,4,9-10H2,1-3H3. The fourth-order valence-corrected chi connectivity index (χ4v) is 2.59. The van der Waals surface area contributed by atoms with Crippen LogP contribution in [0.5, 0.6) is 0 Å². The molecule has 1 N–H and O–H groups in total. The van der Waals surface area contributed by atoms with Crippen LogP contribution in [-0.4, -0.2) is 36.5 Å². The van der Waals surface area contributed by atoms with Crippen LogP contribution >= 0.6 is 0 Å². The highest BCUT2D eigenvalue weighted by Crippen LogP contribution is 2.21. The summed E-state index contributed by atoms with van der Waals surface area (Å²) < 4.78 is 0. The Morgan fingerprint density at radius 3 is 2.44 bits per heavy atom. The Morgan fingerprint density at radius 1 is 1.39 bits per heavy atom. The number of carbonyl (C=O) groups excluding carboxylic acids is 1. The van der Waals surface area contributed by atoms with Crippen LogP contribution in [0.2, 0.25) is 0 Å². The van der Waals surface area contributed by atoms with Crippen molar-refractivity contribution in [3.63, 3.8) is 0 Å². The summed E-state index contributed by atoms with van der Waals surface area (Å²) in [6, 6.07) is 8.82. The van der Waals surface area contributed by atoms with Crippen molar-refractivity contribution >= 4 is 5.91 Å². The number of hydrogen-bond donors (Lipinski definition) is 1. The van der Waals surface area contributed by atoms with Crippen LogP contribution in [0.1, 0.15) is 25.0 Å². The molecule has 1 atom stereocenters.